The molecule has 29 heavy (non-hydrogen) atoms. The number of pyridine rings is 1. The highest BCUT2D eigenvalue weighted by Crippen LogP contribution is 2.22. The fraction of sp³-hybridized carbons (Fsp3) is 0.429. The molecule has 0 saturated carbocycles. The average molecular weight is 412 g/mol. The van der Waals surface area contributed by atoms with E-state index in [1.165, 1.54) is 11.3 Å². The normalized spacial score (nSPS) is 18.1. The zero-order valence-corrected chi connectivity index (χ0v) is 17.7. The van der Waals surface area contributed by atoms with Crippen LogP contribution in [0.2, 0.25) is 0 Å². The number of imidazole rings is 1. The number of carbonyl (C=O) groups excluding carboxylic acids is 2. The highest BCUT2D eigenvalue weighted by atomic mass is 32.1. The summed E-state index contributed by atoms with van der Waals surface area (Å²) in [7, 11) is 0. The number of nitrogens with zero attached hydrogens (tertiary/aromatic N) is 3. The first-order valence-corrected chi connectivity index (χ1v) is 10.7. The van der Waals surface area contributed by atoms with Crippen LogP contribution in [0.5, 0.6) is 0 Å². The van der Waals surface area contributed by atoms with Gasteiger partial charge in [-0.1, -0.05) is 6.07 Å². The summed E-state index contributed by atoms with van der Waals surface area (Å²) >= 11 is 1.36. The molecule has 3 aromatic rings. The van der Waals surface area contributed by atoms with Gasteiger partial charge in [-0.3, -0.25) is 14.5 Å². The summed E-state index contributed by atoms with van der Waals surface area (Å²) in [5, 5.41) is 5.00. The molecule has 0 aromatic carbocycles. The molecule has 0 spiro atoms. The van der Waals surface area contributed by atoms with E-state index in [0.717, 1.165) is 25.9 Å². The third kappa shape index (κ3) is 4.09. The monoisotopic (exact) mass is 411 g/mol. The topological polar surface area (TPSA) is 91.0 Å². The lowest BCUT2D eigenvalue weighted by Crippen LogP contribution is -2.53. The van der Waals surface area contributed by atoms with Crippen molar-refractivity contribution in [3.8, 4) is 0 Å². The summed E-state index contributed by atoms with van der Waals surface area (Å²) in [5.41, 5.74) is 1.40. The van der Waals surface area contributed by atoms with E-state index in [9.17, 15) is 9.59 Å². The number of rotatable bonds is 4. The zero-order valence-electron chi connectivity index (χ0n) is 16.9. The Bertz CT molecular complexity index is 1040. The van der Waals surface area contributed by atoms with Crippen molar-refractivity contribution in [1.29, 1.82) is 0 Å². The van der Waals surface area contributed by atoms with Crippen LogP contribution in [0, 0.1) is 0 Å². The summed E-state index contributed by atoms with van der Waals surface area (Å²) in [5.74, 6) is -0.166. The van der Waals surface area contributed by atoms with E-state index in [4.69, 9.17) is 0 Å². The van der Waals surface area contributed by atoms with Crippen LogP contribution in [-0.4, -0.2) is 56.2 Å². The molecule has 1 atom stereocenters. The minimum Gasteiger partial charge on any atom is -0.348 e. The molecule has 1 aliphatic rings. The molecule has 0 aliphatic carbocycles. The number of thiophene rings is 1. The van der Waals surface area contributed by atoms with E-state index >= 15 is 0 Å². The number of amides is 1. The molecule has 152 valence electrons. The van der Waals surface area contributed by atoms with Crippen LogP contribution >= 0.6 is 11.3 Å². The van der Waals surface area contributed by atoms with E-state index < -0.39 is 0 Å². The molecule has 4 heterocycles. The number of hydrogen-bond donors (Lipinski definition) is 2. The second kappa shape index (κ2) is 7.68. The minimum atomic E-state index is -0.197. The van der Waals surface area contributed by atoms with Gasteiger partial charge in [-0.15, -0.1) is 11.3 Å². The van der Waals surface area contributed by atoms with E-state index in [1.54, 1.807) is 18.3 Å². The van der Waals surface area contributed by atoms with Gasteiger partial charge in [-0.05, 0) is 57.7 Å². The van der Waals surface area contributed by atoms with Crippen molar-refractivity contribution in [3.63, 3.8) is 0 Å². The molecular formula is C21H25N5O2S. The number of piperidine rings is 1. The molecule has 3 aromatic heterocycles. The zero-order chi connectivity index (χ0) is 20.6. The van der Waals surface area contributed by atoms with Gasteiger partial charge in [0.1, 0.15) is 0 Å². The van der Waals surface area contributed by atoms with E-state index in [0.29, 0.717) is 21.6 Å². The molecule has 0 radical (unpaired) electrons. The standard InChI is InChI=1S/C21H25N5O2S/c1-21(2,3)26-10-4-6-13(12-26)23-20(28)14-8-9-22-18-16(14)24-19(25-18)17(27)15-7-5-11-29-15/h5,7-9,11,13H,4,6,10,12H2,1-3H3,(H,23,28)(H,22,24,25). The average Bonchev–Trinajstić information content (AvgIpc) is 3.36. The summed E-state index contributed by atoms with van der Waals surface area (Å²) in [6.45, 7) is 8.46. The second-order valence-electron chi connectivity index (χ2n) is 8.38. The Kier molecular flexibility index (Phi) is 5.23. The largest absolute Gasteiger partial charge is 0.348 e. The molecule has 0 bridgehead atoms. The van der Waals surface area contributed by atoms with Crippen LogP contribution in [0.3, 0.4) is 0 Å². The Balaban J connectivity index is 1.56. The van der Waals surface area contributed by atoms with E-state index in [1.807, 2.05) is 11.4 Å². The Morgan fingerprint density at radius 2 is 2.14 bits per heavy atom. The van der Waals surface area contributed by atoms with Gasteiger partial charge < -0.3 is 10.3 Å². The quantitative estimate of drug-likeness (QED) is 0.643. The lowest BCUT2D eigenvalue weighted by molar-refractivity contribution is 0.0763. The summed E-state index contributed by atoms with van der Waals surface area (Å²) in [4.78, 5) is 40.1. The molecular weight excluding hydrogens is 386 g/mol. The fourth-order valence-corrected chi connectivity index (χ4v) is 4.36. The Labute approximate surface area is 173 Å². The molecule has 1 fully saturated rings. The Morgan fingerprint density at radius 3 is 2.86 bits per heavy atom. The van der Waals surface area contributed by atoms with E-state index in [-0.39, 0.29) is 29.1 Å². The van der Waals surface area contributed by atoms with Crippen molar-refractivity contribution < 1.29 is 9.59 Å². The van der Waals surface area contributed by atoms with Crippen molar-refractivity contribution in [3.05, 3.63) is 46.0 Å². The number of fused-ring (bicyclic) bond motifs is 1. The second-order valence-corrected chi connectivity index (χ2v) is 9.33. The predicted octanol–water partition coefficient (Wildman–Crippen LogP) is 3.24. The summed E-state index contributed by atoms with van der Waals surface area (Å²) in [6, 6.07) is 5.34. The van der Waals surface area contributed by atoms with Crippen molar-refractivity contribution in [1.82, 2.24) is 25.2 Å². The minimum absolute atomic E-state index is 0.0771. The first-order chi connectivity index (χ1) is 13.8. The van der Waals surface area contributed by atoms with Gasteiger partial charge in [0.15, 0.2) is 11.5 Å². The smallest absolute Gasteiger partial charge is 0.253 e. The Hall–Kier alpha value is -2.58. The Morgan fingerprint density at radius 1 is 1.31 bits per heavy atom. The van der Waals surface area contributed by atoms with Gasteiger partial charge in [0.25, 0.3) is 5.91 Å². The summed E-state index contributed by atoms with van der Waals surface area (Å²) < 4.78 is 0. The van der Waals surface area contributed by atoms with Gasteiger partial charge in [-0.2, -0.15) is 0 Å². The van der Waals surface area contributed by atoms with Crippen LogP contribution in [0.1, 0.15) is 59.5 Å². The van der Waals surface area contributed by atoms with E-state index in [2.05, 4.69) is 45.9 Å². The highest BCUT2D eigenvalue weighted by Gasteiger charge is 2.29. The number of hydrogen-bond acceptors (Lipinski definition) is 6. The number of ketones is 1. The third-order valence-corrected chi connectivity index (χ3v) is 6.17. The number of aromatic amines is 1. The first-order valence-electron chi connectivity index (χ1n) is 9.82. The number of likely N-dealkylation sites (tertiary alicyclic amines) is 1. The molecule has 1 unspecified atom stereocenters. The number of nitrogens with one attached hydrogen (secondary N) is 2. The number of carbonyl (C=O) groups is 2. The van der Waals surface area contributed by atoms with Gasteiger partial charge in [0, 0.05) is 24.3 Å². The molecule has 8 heteroatoms. The highest BCUT2D eigenvalue weighted by molar-refractivity contribution is 7.12. The van der Waals surface area contributed by atoms with Crippen molar-refractivity contribution in [2.24, 2.45) is 0 Å². The lowest BCUT2D eigenvalue weighted by atomic mass is 9.98. The fourth-order valence-electron chi connectivity index (χ4n) is 3.70. The van der Waals surface area contributed by atoms with Crippen LogP contribution in [-0.2, 0) is 0 Å². The van der Waals surface area contributed by atoms with Gasteiger partial charge in [0.2, 0.25) is 5.78 Å². The SMILES string of the molecule is CC(C)(C)N1CCCC(NC(=O)c2ccnc3nc(C(=O)c4cccs4)[nH]c23)C1. The number of H-pyrrole nitrogens is 1. The van der Waals surface area contributed by atoms with Crippen molar-refractivity contribution >= 4 is 34.2 Å². The van der Waals surface area contributed by atoms with Gasteiger partial charge in [-0.25, -0.2) is 9.97 Å². The maximum Gasteiger partial charge on any atom is 0.253 e. The summed E-state index contributed by atoms with van der Waals surface area (Å²) in [6.07, 6.45) is 3.56. The maximum absolute atomic E-state index is 13.0. The van der Waals surface area contributed by atoms with Gasteiger partial charge >= 0.3 is 0 Å². The lowest BCUT2D eigenvalue weighted by Gasteiger charge is -2.41. The molecule has 4 rings (SSSR count). The van der Waals surface area contributed by atoms with Crippen molar-refractivity contribution in [2.75, 3.05) is 13.1 Å². The van der Waals surface area contributed by atoms with Crippen LogP contribution in [0.15, 0.2) is 29.8 Å². The maximum atomic E-state index is 13.0. The number of aromatic nitrogens is 3. The van der Waals surface area contributed by atoms with Crippen LogP contribution in [0.4, 0.5) is 0 Å². The molecule has 1 saturated heterocycles. The first kappa shape index (κ1) is 19.7. The predicted molar refractivity (Wildman–Crippen MR) is 113 cm³/mol. The van der Waals surface area contributed by atoms with Crippen molar-refractivity contribution in [2.45, 2.75) is 45.2 Å². The molecule has 1 aliphatic heterocycles. The van der Waals surface area contributed by atoms with Gasteiger partial charge in [0.05, 0.1) is 16.0 Å². The molecule has 7 nitrogen and oxygen atoms in total. The van der Waals surface area contributed by atoms with Crippen LogP contribution in [0.25, 0.3) is 11.2 Å². The molecule has 2 N–H and O–H groups in total. The van der Waals surface area contributed by atoms with Crippen LogP contribution < -0.4 is 5.32 Å². The molecule has 1 amide bonds. The third-order valence-electron chi connectivity index (χ3n) is 5.30.